The normalized spacial score (nSPS) is 17.1. The first kappa shape index (κ1) is 24.0. The summed E-state index contributed by atoms with van der Waals surface area (Å²) in [5.41, 5.74) is 2.44. The quantitative estimate of drug-likeness (QED) is 0.389. The van der Waals surface area contributed by atoms with Gasteiger partial charge in [0, 0.05) is 29.4 Å². The van der Waals surface area contributed by atoms with E-state index in [2.05, 4.69) is 9.88 Å². The SMILES string of the molecule is COc1cc(-n2cnc3cc(-c4ccc(O)cc4)sc3c2=O)ccc1OCCN1CCCC2(COC2)C1. The number of thiophene rings is 1. The van der Waals surface area contributed by atoms with E-state index < -0.39 is 0 Å². The lowest BCUT2D eigenvalue weighted by atomic mass is 9.78. The second kappa shape index (κ2) is 9.81. The molecule has 0 radical (unpaired) electrons. The van der Waals surface area contributed by atoms with Gasteiger partial charge in [0.25, 0.3) is 5.56 Å². The molecule has 2 aromatic carbocycles. The molecule has 0 saturated carbocycles. The molecule has 192 valence electrons. The van der Waals surface area contributed by atoms with Crippen molar-refractivity contribution >= 4 is 21.6 Å². The molecule has 37 heavy (non-hydrogen) atoms. The van der Waals surface area contributed by atoms with E-state index in [4.69, 9.17) is 14.2 Å². The smallest absolute Gasteiger partial charge is 0.275 e. The second-order valence-corrected chi connectivity index (χ2v) is 10.9. The number of benzene rings is 2. The van der Waals surface area contributed by atoms with Crippen LogP contribution in [0.3, 0.4) is 0 Å². The summed E-state index contributed by atoms with van der Waals surface area (Å²) in [5, 5.41) is 9.56. The zero-order valence-corrected chi connectivity index (χ0v) is 21.5. The van der Waals surface area contributed by atoms with Gasteiger partial charge in [-0.2, -0.15) is 0 Å². The van der Waals surface area contributed by atoms with Gasteiger partial charge in [-0.3, -0.25) is 14.3 Å². The molecular weight excluding hydrogens is 490 g/mol. The Morgan fingerprint density at radius 2 is 1.97 bits per heavy atom. The predicted octanol–water partition coefficient (Wildman–Crippen LogP) is 4.32. The molecule has 1 N–H and O–H groups in total. The Kier molecular flexibility index (Phi) is 6.36. The maximum atomic E-state index is 13.3. The number of ether oxygens (including phenoxy) is 3. The third kappa shape index (κ3) is 4.70. The van der Waals surface area contributed by atoms with Crippen molar-refractivity contribution in [1.82, 2.24) is 14.5 Å². The Balaban J connectivity index is 1.19. The number of hydrogen-bond donors (Lipinski definition) is 1. The van der Waals surface area contributed by atoms with E-state index in [-0.39, 0.29) is 11.3 Å². The van der Waals surface area contributed by atoms with E-state index in [1.807, 2.05) is 30.3 Å². The van der Waals surface area contributed by atoms with Crippen LogP contribution < -0.4 is 15.0 Å². The summed E-state index contributed by atoms with van der Waals surface area (Å²) in [6, 6.07) is 14.3. The van der Waals surface area contributed by atoms with Crippen LogP contribution in [0.2, 0.25) is 0 Å². The molecular formula is C28H29N3O5S. The molecule has 0 amide bonds. The Labute approximate surface area is 218 Å². The highest BCUT2D eigenvalue weighted by molar-refractivity contribution is 7.22. The largest absolute Gasteiger partial charge is 0.508 e. The zero-order valence-electron chi connectivity index (χ0n) is 20.7. The minimum atomic E-state index is -0.144. The summed E-state index contributed by atoms with van der Waals surface area (Å²) in [6.45, 7) is 5.34. The van der Waals surface area contributed by atoms with Crippen molar-refractivity contribution in [3.63, 3.8) is 0 Å². The Morgan fingerprint density at radius 1 is 1.14 bits per heavy atom. The minimum Gasteiger partial charge on any atom is -0.508 e. The lowest BCUT2D eigenvalue weighted by Crippen LogP contribution is -2.54. The van der Waals surface area contributed by atoms with Gasteiger partial charge in [0.1, 0.15) is 23.4 Å². The number of rotatable bonds is 7. The van der Waals surface area contributed by atoms with Gasteiger partial charge in [-0.15, -0.1) is 11.3 Å². The molecule has 6 rings (SSSR count). The Hall–Kier alpha value is -3.40. The third-order valence-corrected chi connectivity index (χ3v) is 8.40. The highest BCUT2D eigenvalue weighted by Gasteiger charge is 2.41. The van der Waals surface area contributed by atoms with E-state index >= 15 is 0 Å². The van der Waals surface area contributed by atoms with Crippen LogP contribution >= 0.6 is 11.3 Å². The molecule has 4 aromatic rings. The van der Waals surface area contributed by atoms with E-state index in [0.717, 1.165) is 43.3 Å². The van der Waals surface area contributed by atoms with E-state index in [0.29, 0.717) is 39.4 Å². The first-order valence-corrected chi connectivity index (χ1v) is 13.3. The van der Waals surface area contributed by atoms with Gasteiger partial charge in [-0.05, 0) is 67.4 Å². The number of aromatic hydroxyl groups is 1. The zero-order chi connectivity index (χ0) is 25.4. The van der Waals surface area contributed by atoms with Crippen LogP contribution in [-0.2, 0) is 4.74 Å². The molecule has 2 saturated heterocycles. The second-order valence-electron chi connectivity index (χ2n) is 9.85. The number of nitrogens with zero attached hydrogens (tertiary/aromatic N) is 3. The van der Waals surface area contributed by atoms with Crippen molar-refractivity contribution in [2.24, 2.45) is 5.41 Å². The van der Waals surface area contributed by atoms with Crippen molar-refractivity contribution in [2.75, 3.05) is 46.6 Å². The summed E-state index contributed by atoms with van der Waals surface area (Å²) >= 11 is 1.39. The fraction of sp³-hybridized carbons (Fsp3) is 0.357. The molecule has 0 atom stereocenters. The Morgan fingerprint density at radius 3 is 2.73 bits per heavy atom. The Bertz CT molecular complexity index is 1480. The van der Waals surface area contributed by atoms with E-state index in [9.17, 15) is 9.90 Å². The third-order valence-electron chi connectivity index (χ3n) is 7.24. The molecule has 4 heterocycles. The number of likely N-dealkylation sites (tertiary alicyclic amines) is 1. The highest BCUT2D eigenvalue weighted by Crippen LogP contribution is 2.37. The summed E-state index contributed by atoms with van der Waals surface area (Å²) in [7, 11) is 1.60. The van der Waals surface area contributed by atoms with Gasteiger partial charge in [-0.25, -0.2) is 4.98 Å². The van der Waals surface area contributed by atoms with Crippen LogP contribution in [0.15, 0.2) is 59.7 Å². The molecule has 2 aliphatic rings. The monoisotopic (exact) mass is 519 g/mol. The average Bonchev–Trinajstić information content (AvgIpc) is 3.34. The standard InChI is InChI=1S/C28H29N3O5S/c1-34-24-13-20(5-8-23(24)36-12-11-30-10-2-9-28(15-30)16-35-17-28)31-18-29-22-14-25(37-26(22)27(31)33)19-3-6-21(32)7-4-19/h3-8,13-14,18,32H,2,9-12,15-17H2,1H3. The van der Waals surface area contributed by atoms with Crippen LogP contribution in [0.25, 0.3) is 26.3 Å². The molecule has 1 spiro atoms. The van der Waals surface area contributed by atoms with Gasteiger partial charge < -0.3 is 19.3 Å². The topological polar surface area (TPSA) is 86.0 Å². The number of piperidine rings is 1. The maximum Gasteiger partial charge on any atom is 0.275 e. The van der Waals surface area contributed by atoms with E-state index in [1.165, 1.54) is 28.7 Å². The first-order valence-electron chi connectivity index (χ1n) is 12.5. The highest BCUT2D eigenvalue weighted by atomic mass is 32.1. The molecule has 0 aliphatic carbocycles. The lowest BCUT2D eigenvalue weighted by molar-refractivity contribution is -0.144. The number of phenols is 1. The van der Waals surface area contributed by atoms with Crippen LogP contribution in [0.4, 0.5) is 0 Å². The van der Waals surface area contributed by atoms with Crippen LogP contribution in [0, 0.1) is 5.41 Å². The van der Waals surface area contributed by atoms with Gasteiger partial charge >= 0.3 is 0 Å². The summed E-state index contributed by atoms with van der Waals surface area (Å²) in [6.07, 6.45) is 4.00. The number of phenolic OH excluding ortho intramolecular Hbond substituents is 1. The average molecular weight is 520 g/mol. The number of hydrogen-bond acceptors (Lipinski definition) is 8. The molecule has 2 aliphatic heterocycles. The molecule has 0 unspecified atom stereocenters. The van der Waals surface area contributed by atoms with Crippen molar-refractivity contribution in [3.05, 3.63) is 65.2 Å². The summed E-state index contributed by atoms with van der Waals surface area (Å²) in [4.78, 5) is 21.2. The summed E-state index contributed by atoms with van der Waals surface area (Å²) in [5.74, 6) is 1.43. The molecule has 2 fully saturated rings. The van der Waals surface area contributed by atoms with Gasteiger partial charge in [0.2, 0.25) is 0 Å². The fourth-order valence-corrected chi connectivity index (χ4v) is 6.25. The predicted molar refractivity (Wildman–Crippen MR) is 143 cm³/mol. The molecule has 9 heteroatoms. The molecule has 2 aromatic heterocycles. The van der Waals surface area contributed by atoms with Crippen LogP contribution in [-0.4, -0.2) is 66.1 Å². The van der Waals surface area contributed by atoms with Gasteiger partial charge in [-0.1, -0.05) is 0 Å². The molecule has 0 bridgehead atoms. The van der Waals surface area contributed by atoms with Crippen LogP contribution in [0.1, 0.15) is 12.8 Å². The van der Waals surface area contributed by atoms with Crippen LogP contribution in [0.5, 0.6) is 17.2 Å². The maximum absolute atomic E-state index is 13.3. The first-order chi connectivity index (χ1) is 18.0. The van der Waals surface area contributed by atoms with Crippen molar-refractivity contribution in [2.45, 2.75) is 12.8 Å². The minimum absolute atomic E-state index is 0.144. The fourth-order valence-electron chi connectivity index (χ4n) is 5.20. The van der Waals surface area contributed by atoms with Crippen molar-refractivity contribution in [3.8, 4) is 33.4 Å². The molecule has 8 nitrogen and oxygen atoms in total. The van der Waals surface area contributed by atoms with Gasteiger partial charge in [0.05, 0.1) is 31.5 Å². The number of fused-ring (bicyclic) bond motifs is 1. The van der Waals surface area contributed by atoms with Gasteiger partial charge in [0.15, 0.2) is 11.5 Å². The van der Waals surface area contributed by atoms with Crippen molar-refractivity contribution < 1.29 is 19.3 Å². The summed E-state index contributed by atoms with van der Waals surface area (Å²) < 4.78 is 19.2. The lowest BCUT2D eigenvalue weighted by Gasteiger charge is -2.48. The van der Waals surface area contributed by atoms with E-state index in [1.54, 1.807) is 31.6 Å². The number of methoxy groups -OCH3 is 1. The van der Waals surface area contributed by atoms with Crippen molar-refractivity contribution in [1.29, 1.82) is 0 Å². The number of aromatic nitrogens is 2.